The molecule has 0 spiro atoms. The number of methoxy groups -OCH3 is 1. The number of ether oxygens (including phenoxy) is 2. The van der Waals surface area contributed by atoms with Gasteiger partial charge in [-0.3, -0.25) is 4.79 Å². The first-order valence-corrected chi connectivity index (χ1v) is 11.9. The third-order valence-corrected chi connectivity index (χ3v) is 5.76. The van der Waals surface area contributed by atoms with Crippen LogP contribution in [0, 0.1) is 5.92 Å². The largest absolute Gasteiger partial charge is 0.481 e. The Labute approximate surface area is 201 Å². The summed E-state index contributed by atoms with van der Waals surface area (Å²) in [7, 11) is 1.60. The molecule has 4 rings (SSSR count). The predicted molar refractivity (Wildman–Crippen MR) is 130 cm³/mol. The van der Waals surface area contributed by atoms with Gasteiger partial charge >= 0.3 is 12.0 Å². The molecule has 0 bridgehead atoms. The van der Waals surface area contributed by atoms with Crippen molar-refractivity contribution in [2.24, 2.45) is 5.92 Å². The van der Waals surface area contributed by atoms with Crippen LogP contribution in [0.2, 0.25) is 0 Å². The fourth-order valence-electron chi connectivity index (χ4n) is 3.86. The summed E-state index contributed by atoms with van der Waals surface area (Å²) < 4.78 is 9.64. The third-order valence-electron chi connectivity index (χ3n) is 5.76. The van der Waals surface area contributed by atoms with Crippen LogP contribution in [-0.4, -0.2) is 66.8 Å². The molecular formula is C25H35N5O4. The summed E-state index contributed by atoms with van der Waals surface area (Å²) in [6.07, 6.45) is 6.18. The molecule has 2 aliphatic rings. The number of nitrogens with zero attached hydrogens (tertiary/aromatic N) is 3. The number of aromatic nitrogens is 2. The van der Waals surface area contributed by atoms with Gasteiger partial charge in [0.15, 0.2) is 0 Å². The minimum absolute atomic E-state index is 0.0957. The van der Waals surface area contributed by atoms with Gasteiger partial charge in [-0.25, -0.2) is 14.8 Å². The molecule has 0 atom stereocenters. The molecule has 0 unspecified atom stereocenters. The molecular weight excluding hydrogens is 434 g/mol. The molecule has 1 fully saturated rings. The van der Waals surface area contributed by atoms with Crippen LogP contribution in [0.4, 0.5) is 10.6 Å². The Kier molecular flexibility index (Phi) is 9.94. The van der Waals surface area contributed by atoms with Gasteiger partial charge in [0.1, 0.15) is 5.82 Å². The van der Waals surface area contributed by atoms with Gasteiger partial charge in [0.2, 0.25) is 5.88 Å². The first-order valence-electron chi connectivity index (χ1n) is 11.9. The van der Waals surface area contributed by atoms with Gasteiger partial charge in [-0.1, -0.05) is 12.1 Å². The topological polar surface area (TPSA) is 106 Å². The molecule has 0 radical (unpaired) electrons. The first kappa shape index (κ1) is 25.3. The number of rotatable bonds is 8. The highest BCUT2D eigenvalue weighted by Gasteiger charge is 2.30. The van der Waals surface area contributed by atoms with Crippen molar-refractivity contribution in [3.63, 3.8) is 0 Å². The van der Waals surface area contributed by atoms with Crippen LogP contribution < -0.4 is 15.4 Å². The number of aryl methyl sites for hydroxylation is 2. The van der Waals surface area contributed by atoms with Gasteiger partial charge in [0.05, 0.1) is 20.1 Å². The molecule has 2 aromatic rings. The van der Waals surface area contributed by atoms with E-state index in [2.05, 4.69) is 27.8 Å². The summed E-state index contributed by atoms with van der Waals surface area (Å²) in [5, 5.41) is 6.14. The van der Waals surface area contributed by atoms with E-state index in [4.69, 9.17) is 14.5 Å². The van der Waals surface area contributed by atoms with E-state index in [-0.39, 0.29) is 18.4 Å². The molecule has 184 valence electrons. The van der Waals surface area contributed by atoms with Gasteiger partial charge in [0, 0.05) is 44.1 Å². The number of carbonyl (C=O) groups excluding carboxylic acids is 2. The van der Waals surface area contributed by atoms with E-state index >= 15 is 0 Å². The van der Waals surface area contributed by atoms with Gasteiger partial charge < -0.3 is 25.0 Å². The Hall–Kier alpha value is -3.36. The highest BCUT2D eigenvalue weighted by molar-refractivity contribution is 5.76. The second-order valence-electron chi connectivity index (χ2n) is 8.31. The van der Waals surface area contributed by atoms with Crippen LogP contribution in [0.5, 0.6) is 5.88 Å². The Bertz CT molecular complexity index is 919. The van der Waals surface area contributed by atoms with E-state index < -0.39 is 0 Å². The summed E-state index contributed by atoms with van der Waals surface area (Å²) in [6, 6.07) is 9.76. The lowest BCUT2D eigenvalue weighted by molar-refractivity contribution is -0.142. The van der Waals surface area contributed by atoms with E-state index in [0.717, 1.165) is 50.4 Å². The normalized spacial score (nSPS) is 14.5. The lowest BCUT2D eigenvalue weighted by Gasteiger charge is -2.39. The van der Waals surface area contributed by atoms with E-state index in [1.807, 2.05) is 12.1 Å². The van der Waals surface area contributed by atoms with Gasteiger partial charge in [-0.2, -0.15) is 0 Å². The zero-order valence-corrected chi connectivity index (χ0v) is 20.1. The summed E-state index contributed by atoms with van der Waals surface area (Å²) in [6.45, 7) is 5.02. The highest BCUT2D eigenvalue weighted by Crippen LogP contribution is 2.23. The van der Waals surface area contributed by atoms with Crippen molar-refractivity contribution >= 4 is 17.8 Å². The zero-order valence-electron chi connectivity index (χ0n) is 20.1. The van der Waals surface area contributed by atoms with E-state index in [9.17, 15) is 9.59 Å². The van der Waals surface area contributed by atoms with Crippen LogP contribution in [0.15, 0.2) is 36.5 Å². The number of fused-ring (bicyclic) bond motifs is 1. The molecule has 2 aliphatic heterocycles. The average Bonchev–Trinajstić information content (AvgIpc) is 2.84. The smallest absolute Gasteiger partial charge is 0.317 e. The van der Waals surface area contributed by atoms with E-state index in [1.165, 1.54) is 12.0 Å². The molecule has 34 heavy (non-hydrogen) atoms. The number of carbonyl (C=O) groups is 2. The average molecular weight is 470 g/mol. The van der Waals surface area contributed by atoms with Crippen molar-refractivity contribution in [2.45, 2.75) is 39.0 Å². The maximum Gasteiger partial charge on any atom is 0.317 e. The van der Waals surface area contributed by atoms with Crippen molar-refractivity contribution < 1.29 is 19.1 Å². The summed E-state index contributed by atoms with van der Waals surface area (Å²) >= 11 is 0. The minimum atomic E-state index is -0.277. The van der Waals surface area contributed by atoms with Crippen LogP contribution in [-0.2, 0) is 22.4 Å². The molecule has 1 saturated heterocycles. The molecule has 2 N–H and O–H groups in total. The highest BCUT2D eigenvalue weighted by atomic mass is 16.5. The number of amides is 2. The Morgan fingerprint density at radius 3 is 2.79 bits per heavy atom. The fourth-order valence-corrected chi connectivity index (χ4v) is 3.86. The maximum atomic E-state index is 12.0. The quantitative estimate of drug-likeness (QED) is 0.573. The minimum Gasteiger partial charge on any atom is -0.481 e. The van der Waals surface area contributed by atoms with Crippen molar-refractivity contribution in [3.05, 3.63) is 47.8 Å². The fraction of sp³-hybridized carbons (Fsp3) is 0.520. The first-order chi connectivity index (χ1) is 16.6. The van der Waals surface area contributed by atoms with Crippen molar-refractivity contribution in [1.29, 1.82) is 0 Å². The molecule has 9 heteroatoms. The van der Waals surface area contributed by atoms with E-state index in [0.29, 0.717) is 24.9 Å². The van der Waals surface area contributed by atoms with Crippen LogP contribution in [0.1, 0.15) is 37.4 Å². The van der Waals surface area contributed by atoms with Crippen molar-refractivity contribution in [3.8, 4) is 5.88 Å². The number of nitrogens with one attached hydrogen (secondary N) is 2. The number of urea groups is 1. The van der Waals surface area contributed by atoms with Crippen LogP contribution in [0.3, 0.4) is 0 Å². The number of esters is 1. The molecule has 0 saturated carbocycles. The Morgan fingerprint density at radius 1 is 1.24 bits per heavy atom. The Balaban J connectivity index is 0.000000343. The zero-order chi connectivity index (χ0) is 24.2. The number of hydrogen-bond acceptors (Lipinski definition) is 7. The Morgan fingerprint density at radius 2 is 2.09 bits per heavy atom. The summed E-state index contributed by atoms with van der Waals surface area (Å²) in [4.78, 5) is 33.6. The predicted octanol–water partition coefficient (Wildman–Crippen LogP) is 3.06. The third kappa shape index (κ3) is 7.90. The molecule has 9 nitrogen and oxygen atoms in total. The van der Waals surface area contributed by atoms with Crippen molar-refractivity contribution in [1.82, 2.24) is 20.2 Å². The second-order valence-corrected chi connectivity index (χ2v) is 8.31. The van der Waals surface area contributed by atoms with Gasteiger partial charge in [-0.15, -0.1) is 0 Å². The SMILES string of the molecule is CCOC(=O)CCNC(=O)N1CC(CCc2ccc3c(n2)NCCC3)C1.COc1ccccn1. The molecule has 0 aromatic carbocycles. The number of anilines is 1. The summed E-state index contributed by atoms with van der Waals surface area (Å²) in [5.41, 5.74) is 2.43. The monoisotopic (exact) mass is 469 g/mol. The molecule has 2 amide bonds. The van der Waals surface area contributed by atoms with Crippen LogP contribution >= 0.6 is 0 Å². The van der Waals surface area contributed by atoms with Crippen LogP contribution in [0.25, 0.3) is 0 Å². The van der Waals surface area contributed by atoms with Gasteiger partial charge in [0.25, 0.3) is 0 Å². The number of pyridine rings is 2. The second kappa shape index (κ2) is 13.4. The van der Waals surface area contributed by atoms with E-state index in [1.54, 1.807) is 31.2 Å². The molecule has 0 aliphatic carbocycles. The number of hydrogen-bond donors (Lipinski definition) is 2. The standard InChI is InChI=1S/C19H28N4O3.C6H7NO/c1-2-26-17(24)9-11-21-19(25)23-12-14(13-23)5-7-16-8-6-15-4-3-10-20-18(15)22-16;1-8-6-4-2-3-5-7-6/h6,8,14H,2-5,7,9-13H2,1H3,(H,20,22)(H,21,25);2-5H,1H3. The van der Waals surface area contributed by atoms with Crippen molar-refractivity contribution in [2.75, 3.05) is 45.2 Å². The molecule has 2 aromatic heterocycles. The summed E-state index contributed by atoms with van der Waals surface area (Å²) in [5.74, 6) is 1.95. The lowest BCUT2D eigenvalue weighted by Crippen LogP contribution is -2.54. The molecule has 4 heterocycles. The van der Waals surface area contributed by atoms with Gasteiger partial charge in [-0.05, 0) is 56.2 Å². The lowest BCUT2D eigenvalue weighted by atomic mass is 9.94. The maximum absolute atomic E-state index is 12.0. The number of likely N-dealkylation sites (tertiary alicyclic amines) is 1.